The summed E-state index contributed by atoms with van der Waals surface area (Å²) in [4.78, 5) is 31.6. The van der Waals surface area contributed by atoms with Crippen molar-refractivity contribution in [1.29, 1.82) is 0 Å². The molecule has 0 radical (unpaired) electrons. The fraction of sp³-hybridized carbons (Fsp3) is 0.636. The average Bonchev–Trinajstić information content (AvgIpc) is 3.08. The molecule has 0 aromatic heterocycles. The van der Waals surface area contributed by atoms with E-state index in [0.717, 1.165) is 38.0 Å². The number of likely N-dealkylation sites (tertiary alicyclic amines) is 1. The Kier molecular flexibility index (Phi) is 7.24. The summed E-state index contributed by atoms with van der Waals surface area (Å²) < 4.78 is 13.2. The van der Waals surface area contributed by atoms with Crippen molar-refractivity contribution in [3.63, 3.8) is 0 Å². The monoisotopic (exact) mass is 404 g/mol. The molecular weight excluding hydrogens is 371 g/mol. The zero-order valence-corrected chi connectivity index (χ0v) is 17.7. The van der Waals surface area contributed by atoms with E-state index in [-0.39, 0.29) is 35.8 Å². The maximum atomic E-state index is 13.2. The summed E-state index contributed by atoms with van der Waals surface area (Å²) in [5, 5.41) is 3.10. The van der Waals surface area contributed by atoms with E-state index in [1.54, 1.807) is 12.1 Å². The van der Waals surface area contributed by atoms with Gasteiger partial charge in [-0.15, -0.1) is 0 Å². The van der Waals surface area contributed by atoms with Crippen LogP contribution in [0.1, 0.15) is 38.7 Å². The molecule has 0 aliphatic carbocycles. The minimum absolute atomic E-state index is 0.0547. The van der Waals surface area contributed by atoms with Crippen molar-refractivity contribution in [2.24, 2.45) is 0 Å². The van der Waals surface area contributed by atoms with Gasteiger partial charge < -0.3 is 10.2 Å². The van der Waals surface area contributed by atoms with Crippen LogP contribution in [-0.4, -0.2) is 77.9 Å². The number of hydrogen-bond acceptors (Lipinski definition) is 4. The molecule has 2 fully saturated rings. The zero-order chi connectivity index (χ0) is 21.0. The summed E-state index contributed by atoms with van der Waals surface area (Å²) in [6, 6.07) is 6.56. The molecule has 160 valence electrons. The van der Waals surface area contributed by atoms with E-state index in [2.05, 4.69) is 22.2 Å². The highest BCUT2D eigenvalue weighted by molar-refractivity contribution is 5.83. The second-order valence-electron chi connectivity index (χ2n) is 8.07. The summed E-state index contributed by atoms with van der Waals surface area (Å²) in [6.07, 6.45) is 2.16. The van der Waals surface area contributed by atoms with E-state index >= 15 is 0 Å². The summed E-state index contributed by atoms with van der Waals surface area (Å²) in [5.74, 6) is -0.0130. The predicted molar refractivity (Wildman–Crippen MR) is 111 cm³/mol. The van der Waals surface area contributed by atoms with Gasteiger partial charge in [-0.1, -0.05) is 12.1 Å². The van der Waals surface area contributed by atoms with Crippen LogP contribution in [0.15, 0.2) is 24.3 Å². The zero-order valence-electron chi connectivity index (χ0n) is 17.7. The Hall–Kier alpha value is -1.99. The third kappa shape index (κ3) is 4.95. The molecule has 3 rings (SSSR count). The highest BCUT2D eigenvalue weighted by Crippen LogP contribution is 2.28. The lowest BCUT2D eigenvalue weighted by molar-refractivity contribution is -0.131. The average molecular weight is 405 g/mol. The minimum atomic E-state index is -0.248. The van der Waals surface area contributed by atoms with Gasteiger partial charge in [0, 0.05) is 51.2 Å². The highest BCUT2D eigenvalue weighted by atomic mass is 19.1. The van der Waals surface area contributed by atoms with Crippen LogP contribution in [0.3, 0.4) is 0 Å². The molecule has 1 aromatic carbocycles. The van der Waals surface area contributed by atoms with Crippen LogP contribution in [0.4, 0.5) is 4.39 Å². The third-order valence-corrected chi connectivity index (χ3v) is 6.46. The number of benzene rings is 1. The van der Waals surface area contributed by atoms with Crippen molar-refractivity contribution in [2.75, 3.05) is 33.2 Å². The third-order valence-electron chi connectivity index (χ3n) is 6.46. The molecule has 0 saturated carbocycles. The number of fused-ring (bicyclic) bond motifs is 1. The van der Waals surface area contributed by atoms with Gasteiger partial charge in [0.25, 0.3) is 0 Å². The predicted octanol–water partition coefficient (Wildman–Crippen LogP) is 1.85. The molecule has 1 aromatic rings. The summed E-state index contributed by atoms with van der Waals surface area (Å²) in [5.41, 5.74) is 1.01. The molecule has 2 amide bonds. The summed E-state index contributed by atoms with van der Waals surface area (Å²) >= 11 is 0. The van der Waals surface area contributed by atoms with Gasteiger partial charge in [0.1, 0.15) is 11.9 Å². The SMILES string of the molecule is CCN(CC)C(=O)CC[C@@H]1CNC(=O)[C@H]2[C@@H](CCN2Cc2ccc(F)cc2)N1C. The molecule has 2 saturated heterocycles. The number of hydrogen-bond donors (Lipinski definition) is 1. The van der Waals surface area contributed by atoms with Gasteiger partial charge in [-0.3, -0.25) is 19.4 Å². The molecule has 29 heavy (non-hydrogen) atoms. The van der Waals surface area contributed by atoms with Crippen molar-refractivity contribution in [2.45, 2.75) is 57.8 Å². The first kappa shape index (κ1) is 21.7. The number of carbonyl (C=O) groups is 2. The molecule has 0 unspecified atom stereocenters. The Morgan fingerprint density at radius 3 is 2.59 bits per heavy atom. The molecule has 6 nitrogen and oxygen atoms in total. The number of nitrogens with one attached hydrogen (secondary N) is 1. The lowest BCUT2D eigenvalue weighted by Gasteiger charge is -2.33. The number of rotatable bonds is 7. The van der Waals surface area contributed by atoms with Crippen LogP contribution in [-0.2, 0) is 16.1 Å². The Morgan fingerprint density at radius 2 is 1.93 bits per heavy atom. The number of carbonyl (C=O) groups excluding carboxylic acids is 2. The molecule has 3 atom stereocenters. The molecular formula is C22H33FN4O2. The smallest absolute Gasteiger partial charge is 0.239 e. The normalized spacial score (nSPS) is 25.4. The maximum absolute atomic E-state index is 13.2. The fourth-order valence-corrected chi connectivity index (χ4v) is 4.68. The highest BCUT2D eigenvalue weighted by Gasteiger charge is 2.44. The van der Waals surface area contributed by atoms with Gasteiger partial charge in [-0.25, -0.2) is 4.39 Å². The van der Waals surface area contributed by atoms with E-state index in [1.165, 1.54) is 12.1 Å². The van der Waals surface area contributed by atoms with Crippen LogP contribution in [0.5, 0.6) is 0 Å². The topological polar surface area (TPSA) is 55.9 Å². The van der Waals surface area contributed by atoms with E-state index in [1.807, 2.05) is 18.7 Å². The van der Waals surface area contributed by atoms with Crippen LogP contribution >= 0.6 is 0 Å². The van der Waals surface area contributed by atoms with Crippen molar-refractivity contribution in [3.8, 4) is 0 Å². The largest absolute Gasteiger partial charge is 0.353 e. The van der Waals surface area contributed by atoms with Gasteiger partial charge in [-0.2, -0.15) is 0 Å². The number of halogens is 1. The van der Waals surface area contributed by atoms with Crippen molar-refractivity contribution in [1.82, 2.24) is 20.0 Å². The maximum Gasteiger partial charge on any atom is 0.239 e. The molecule has 2 aliphatic heterocycles. The van der Waals surface area contributed by atoms with Gasteiger partial charge in [0.15, 0.2) is 0 Å². The van der Waals surface area contributed by atoms with Crippen LogP contribution in [0, 0.1) is 5.82 Å². The first-order valence-corrected chi connectivity index (χ1v) is 10.7. The van der Waals surface area contributed by atoms with Gasteiger partial charge in [0.2, 0.25) is 11.8 Å². The number of amides is 2. The Labute approximate surface area is 173 Å². The van der Waals surface area contributed by atoms with Crippen molar-refractivity contribution < 1.29 is 14.0 Å². The van der Waals surface area contributed by atoms with Crippen molar-refractivity contribution in [3.05, 3.63) is 35.6 Å². The van der Waals surface area contributed by atoms with Crippen molar-refractivity contribution >= 4 is 11.8 Å². The first-order valence-electron chi connectivity index (χ1n) is 10.7. The Bertz CT molecular complexity index is 707. The Morgan fingerprint density at radius 1 is 1.24 bits per heavy atom. The molecule has 2 aliphatic rings. The molecule has 0 bridgehead atoms. The summed E-state index contributed by atoms with van der Waals surface area (Å²) in [6.45, 7) is 7.49. The fourth-order valence-electron chi connectivity index (χ4n) is 4.68. The Balaban J connectivity index is 1.64. The lowest BCUT2D eigenvalue weighted by atomic mass is 10.0. The second kappa shape index (κ2) is 9.67. The molecule has 1 N–H and O–H groups in total. The van der Waals surface area contributed by atoms with E-state index in [9.17, 15) is 14.0 Å². The van der Waals surface area contributed by atoms with Gasteiger partial charge >= 0.3 is 0 Å². The summed E-state index contributed by atoms with van der Waals surface area (Å²) in [7, 11) is 2.08. The van der Waals surface area contributed by atoms with Crippen LogP contribution in [0.2, 0.25) is 0 Å². The van der Waals surface area contributed by atoms with Crippen LogP contribution in [0.25, 0.3) is 0 Å². The number of likely N-dealkylation sites (N-methyl/N-ethyl adjacent to an activating group) is 1. The molecule has 7 heteroatoms. The van der Waals surface area contributed by atoms with E-state index < -0.39 is 0 Å². The lowest BCUT2D eigenvalue weighted by Crippen LogP contribution is -2.49. The van der Waals surface area contributed by atoms with Gasteiger partial charge in [0.05, 0.1) is 0 Å². The second-order valence-corrected chi connectivity index (χ2v) is 8.07. The number of nitrogens with zero attached hydrogens (tertiary/aromatic N) is 3. The van der Waals surface area contributed by atoms with Crippen LogP contribution < -0.4 is 5.32 Å². The van der Waals surface area contributed by atoms with E-state index in [4.69, 9.17) is 0 Å². The van der Waals surface area contributed by atoms with E-state index in [0.29, 0.717) is 19.5 Å². The first-order chi connectivity index (χ1) is 13.9. The standard InChI is InChI=1S/C22H33FN4O2/c1-4-26(5-2)20(28)11-10-18-14-24-22(29)21-19(25(18)3)12-13-27(21)15-16-6-8-17(23)9-7-16/h6-9,18-19,21H,4-5,10-15H2,1-3H3,(H,24,29)/t18-,19-,21-/m1/s1. The van der Waals surface area contributed by atoms with Gasteiger partial charge in [-0.05, 0) is 51.4 Å². The minimum Gasteiger partial charge on any atom is -0.353 e. The quantitative estimate of drug-likeness (QED) is 0.754. The molecule has 0 spiro atoms. The molecule has 2 heterocycles.